The van der Waals surface area contributed by atoms with Crippen molar-refractivity contribution in [3.8, 4) is 6.01 Å². The SMILES string of the molecule is CCc1c(C)nc(OCCCN(CC)CC)nc1N(CC)CC. The van der Waals surface area contributed by atoms with Gasteiger partial charge in [-0.1, -0.05) is 20.8 Å². The average Bonchev–Trinajstić information content (AvgIpc) is 2.56. The fraction of sp³-hybridized carbons (Fsp3) is 0.778. The normalized spacial score (nSPS) is 11.1. The number of rotatable bonds is 11. The van der Waals surface area contributed by atoms with Crippen LogP contribution < -0.4 is 9.64 Å². The number of ether oxygens (including phenoxy) is 1. The first-order valence-electron chi connectivity index (χ1n) is 9.08. The summed E-state index contributed by atoms with van der Waals surface area (Å²) in [6, 6.07) is 0.515. The molecule has 5 heteroatoms. The van der Waals surface area contributed by atoms with Crippen molar-refractivity contribution in [2.75, 3.05) is 44.2 Å². The fourth-order valence-corrected chi connectivity index (χ4v) is 2.81. The van der Waals surface area contributed by atoms with Crippen LogP contribution >= 0.6 is 0 Å². The van der Waals surface area contributed by atoms with E-state index in [9.17, 15) is 0 Å². The van der Waals surface area contributed by atoms with Gasteiger partial charge in [0.05, 0.1) is 6.61 Å². The van der Waals surface area contributed by atoms with Crippen molar-refractivity contribution >= 4 is 5.82 Å². The second-order valence-corrected chi connectivity index (χ2v) is 5.65. The lowest BCUT2D eigenvalue weighted by atomic mass is 10.1. The summed E-state index contributed by atoms with van der Waals surface area (Å²) < 4.78 is 5.83. The molecule has 0 spiro atoms. The van der Waals surface area contributed by atoms with E-state index < -0.39 is 0 Å². The van der Waals surface area contributed by atoms with E-state index in [1.807, 2.05) is 0 Å². The lowest BCUT2D eigenvalue weighted by Gasteiger charge is -2.24. The molecule has 1 aromatic heterocycles. The Bertz CT molecular complexity index is 457. The summed E-state index contributed by atoms with van der Waals surface area (Å²) in [7, 11) is 0. The first-order valence-corrected chi connectivity index (χ1v) is 9.08. The monoisotopic (exact) mass is 322 g/mol. The maximum absolute atomic E-state index is 5.83. The van der Waals surface area contributed by atoms with Gasteiger partial charge in [-0.05, 0) is 46.7 Å². The van der Waals surface area contributed by atoms with Crippen LogP contribution in [-0.4, -0.2) is 54.2 Å². The summed E-state index contributed by atoms with van der Waals surface area (Å²) in [5.41, 5.74) is 2.26. The van der Waals surface area contributed by atoms with Crippen LogP contribution in [-0.2, 0) is 6.42 Å². The van der Waals surface area contributed by atoms with Crippen molar-refractivity contribution in [2.24, 2.45) is 0 Å². The third-order valence-corrected chi connectivity index (χ3v) is 4.33. The molecule has 1 heterocycles. The Morgan fingerprint density at radius 3 is 2.09 bits per heavy atom. The first-order chi connectivity index (χ1) is 11.1. The summed E-state index contributed by atoms with van der Waals surface area (Å²) in [5.74, 6) is 1.03. The lowest BCUT2D eigenvalue weighted by Crippen LogP contribution is -2.26. The highest BCUT2D eigenvalue weighted by molar-refractivity contribution is 5.49. The number of nitrogens with zero attached hydrogens (tertiary/aromatic N) is 4. The zero-order chi connectivity index (χ0) is 17.2. The topological polar surface area (TPSA) is 41.5 Å². The minimum atomic E-state index is 0.515. The molecular weight excluding hydrogens is 288 g/mol. The van der Waals surface area contributed by atoms with Gasteiger partial charge in [0.1, 0.15) is 5.82 Å². The molecule has 0 aliphatic heterocycles. The van der Waals surface area contributed by atoms with E-state index in [0.717, 1.165) is 57.1 Å². The van der Waals surface area contributed by atoms with Gasteiger partial charge in [0, 0.05) is 30.9 Å². The van der Waals surface area contributed by atoms with E-state index in [1.54, 1.807) is 0 Å². The highest BCUT2D eigenvalue weighted by Crippen LogP contribution is 2.23. The van der Waals surface area contributed by atoms with Gasteiger partial charge < -0.3 is 14.5 Å². The summed E-state index contributed by atoms with van der Waals surface area (Å²) in [6.07, 6.45) is 1.94. The van der Waals surface area contributed by atoms with E-state index >= 15 is 0 Å². The Labute approximate surface area is 142 Å². The molecule has 1 rings (SSSR count). The molecule has 0 unspecified atom stereocenters. The Hall–Kier alpha value is -1.36. The minimum absolute atomic E-state index is 0.515. The van der Waals surface area contributed by atoms with Crippen molar-refractivity contribution < 1.29 is 4.74 Å². The molecule has 0 bridgehead atoms. The van der Waals surface area contributed by atoms with Crippen molar-refractivity contribution in [2.45, 2.75) is 54.4 Å². The second-order valence-electron chi connectivity index (χ2n) is 5.65. The van der Waals surface area contributed by atoms with Gasteiger partial charge >= 0.3 is 6.01 Å². The Kier molecular flexibility index (Phi) is 8.92. The molecule has 0 saturated heterocycles. The van der Waals surface area contributed by atoms with E-state index in [2.05, 4.69) is 61.3 Å². The number of anilines is 1. The Morgan fingerprint density at radius 2 is 1.57 bits per heavy atom. The highest BCUT2D eigenvalue weighted by Gasteiger charge is 2.15. The largest absolute Gasteiger partial charge is 0.463 e. The van der Waals surface area contributed by atoms with Crippen LogP contribution in [0.2, 0.25) is 0 Å². The van der Waals surface area contributed by atoms with Crippen molar-refractivity contribution in [1.82, 2.24) is 14.9 Å². The standard InChI is InChI=1S/C18H34N4O/c1-7-16-15(6)19-18(20-17(16)22(10-4)11-5)23-14-12-13-21(8-2)9-3/h7-14H2,1-6H3. The Balaban J connectivity index is 2.76. The fourth-order valence-electron chi connectivity index (χ4n) is 2.81. The predicted octanol–water partition coefficient (Wildman–Crippen LogP) is 3.30. The third kappa shape index (κ3) is 5.65. The zero-order valence-corrected chi connectivity index (χ0v) is 15.9. The van der Waals surface area contributed by atoms with Crippen LogP contribution in [0.15, 0.2) is 0 Å². The van der Waals surface area contributed by atoms with E-state index in [0.29, 0.717) is 12.6 Å². The van der Waals surface area contributed by atoms with Crippen molar-refractivity contribution in [3.05, 3.63) is 11.3 Å². The van der Waals surface area contributed by atoms with Gasteiger partial charge in [-0.25, -0.2) is 4.98 Å². The summed E-state index contributed by atoms with van der Waals surface area (Å²) in [5, 5.41) is 0. The first kappa shape index (κ1) is 19.7. The van der Waals surface area contributed by atoms with Crippen LogP contribution in [0.25, 0.3) is 0 Å². The molecule has 0 aliphatic carbocycles. The third-order valence-electron chi connectivity index (χ3n) is 4.33. The maximum atomic E-state index is 5.83. The van der Waals surface area contributed by atoms with Gasteiger partial charge in [-0.15, -0.1) is 0 Å². The summed E-state index contributed by atoms with van der Waals surface area (Å²) in [6.45, 7) is 18.7. The molecule has 0 atom stereocenters. The van der Waals surface area contributed by atoms with Crippen molar-refractivity contribution in [1.29, 1.82) is 0 Å². The molecule has 0 aromatic carbocycles. The number of aromatic nitrogens is 2. The molecule has 0 aliphatic rings. The highest BCUT2D eigenvalue weighted by atomic mass is 16.5. The summed E-state index contributed by atoms with van der Waals surface area (Å²) >= 11 is 0. The lowest BCUT2D eigenvalue weighted by molar-refractivity contribution is 0.238. The van der Waals surface area contributed by atoms with Gasteiger partial charge in [0.2, 0.25) is 0 Å². The van der Waals surface area contributed by atoms with Crippen LogP contribution in [0.1, 0.15) is 52.3 Å². The van der Waals surface area contributed by atoms with E-state index in [4.69, 9.17) is 4.74 Å². The predicted molar refractivity (Wildman–Crippen MR) is 97.6 cm³/mol. The van der Waals surface area contributed by atoms with Crippen LogP contribution in [0.5, 0.6) is 6.01 Å². The molecule has 5 nitrogen and oxygen atoms in total. The van der Waals surface area contributed by atoms with Crippen LogP contribution in [0, 0.1) is 6.92 Å². The second kappa shape index (κ2) is 10.4. The molecular formula is C18H34N4O. The van der Waals surface area contributed by atoms with Gasteiger partial charge in [0.25, 0.3) is 0 Å². The minimum Gasteiger partial charge on any atom is -0.463 e. The molecule has 0 N–H and O–H groups in total. The van der Waals surface area contributed by atoms with E-state index in [1.165, 1.54) is 5.56 Å². The van der Waals surface area contributed by atoms with Crippen molar-refractivity contribution in [3.63, 3.8) is 0 Å². The number of hydrogen-bond acceptors (Lipinski definition) is 5. The molecule has 0 radical (unpaired) electrons. The van der Waals surface area contributed by atoms with Gasteiger partial charge in [-0.3, -0.25) is 0 Å². The van der Waals surface area contributed by atoms with E-state index in [-0.39, 0.29) is 0 Å². The Morgan fingerprint density at radius 1 is 0.913 bits per heavy atom. The zero-order valence-electron chi connectivity index (χ0n) is 15.9. The van der Waals surface area contributed by atoms with Crippen LogP contribution in [0.3, 0.4) is 0 Å². The molecule has 132 valence electrons. The average molecular weight is 322 g/mol. The van der Waals surface area contributed by atoms with Gasteiger partial charge in [-0.2, -0.15) is 4.98 Å². The smallest absolute Gasteiger partial charge is 0.318 e. The quantitative estimate of drug-likeness (QED) is 0.585. The number of aryl methyl sites for hydroxylation is 1. The van der Waals surface area contributed by atoms with Crippen LogP contribution in [0.4, 0.5) is 5.82 Å². The molecule has 0 saturated carbocycles. The number of hydrogen-bond donors (Lipinski definition) is 0. The maximum Gasteiger partial charge on any atom is 0.318 e. The molecule has 0 fully saturated rings. The van der Waals surface area contributed by atoms with Gasteiger partial charge in [0.15, 0.2) is 0 Å². The molecule has 23 heavy (non-hydrogen) atoms. The summed E-state index contributed by atoms with van der Waals surface area (Å²) in [4.78, 5) is 13.9. The molecule has 1 aromatic rings. The molecule has 0 amide bonds.